The van der Waals surface area contributed by atoms with E-state index in [0.29, 0.717) is 12.3 Å². The lowest BCUT2D eigenvalue weighted by atomic mass is 9.87. The average Bonchev–Trinajstić information content (AvgIpc) is 2.45. The van der Waals surface area contributed by atoms with Crippen molar-refractivity contribution in [2.75, 3.05) is 0 Å². The number of pyridine rings is 1. The van der Waals surface area contributed by atoms with E-state index in [4.69, 9.17) is 10.00 Å². The molecule has 102 valence electrons. The van der Waals surface area contributed by atoms with Crippen LogP contribution in [0.3, 0.4) is 0 Å². The lowest BCUT2D eigenvalue weighted by Gasteiger charge is -2.19. The first-order chi connectivity index (χ1) is 9.50. The number of ether oxygens (including phenoxy) is 1. The van der Waals surface area contributed by atoms with Gasteiger partial charge in [-0.25, -0.2) is 4.98 Å². The zero-order valence-electron chi connectivity index (χ0n) is 12.1. The van der Waals surface area contributed by atoms with Gasteiger partial charge in [0.05, 0.1) is 0 Å². The minimum Gasteiger partial charge on any atom is -0.489 e. The molecule has 0 fully saturated rings. The predicted octanol–water partition coefficient (Wildman–Crippen LogP) is 3.83. The standard InChI is InChI=1S/C17H18N2O/c1-17(2,3)14-7-4-8-15(10-14)20-12-13-6-5-9-19-16(13)11-18/h4-10H,12H2,1-3H3. The third-order valence-electron chi connectivity index (χ3n) is 3.09. The number of rotatable bonds is 3. The van der Waals surface area contributed by atoms with Crippen LogP contribution < -0.4 is 4.74 Å². The second-order valence-electron chi connectivity index (χ2n) is 5.69. The molecular formula is C17H18N2O. The molecular weight excluding hydrogens is 248 g/mol. The van der Waals surface area contributed by atoms with Crippen molar-refractivity contribution in [1.82, 2.24) is 4.98 Å². The van der Waals surface area contributed by atoms with E-state index in [2.05, 4.69) is 37.9 Å². The van der Waals surface area contributed by atoms with Crippen molar-refractivity contribution in [3.05, 3.63) is 59.4 Å². The van der Waals surface area contributed by atoms with Gasteiger partial charge in [0, 0.05) is 11.8 Å². The molecule has 2 aromatic rings. The molecule has 0 aliphatic rings. The second kappa shape index (κ2) is 5.75. The van der Waals surface area contributed by atoms with Crippen LogP contribution in [0.4, 0.5) is 0 Å². The summed E-state index contributed by atoms with van der Waals surface area (Å²) < 4.78 is 5.78. The van der Waals surface area contributed by atoms with Gasteiger partial charge in [-0.15, -0.1) is 0 Å². The van der Waals surface area contributed by atoms with E-state index in [1.54, 1.807) is 6.20 Å². The minimum absolute atomic E-state index is 0.0888. The van der Waals surface area contributed by atoms with Gasteiger partial charge in [0.2, 0.25) is 0 Å². The maximum atomic E-state index is 9.00. The Morgan fingerprint density at radius 3 is 2.70 bits per heavy atom. The van der Waals surface area contributed by atoms with Crippen LogP contribution in [-0.2, 0) is 12.0 Å². The first kappa shape index (κ1) is 14.1. The molecule has 3 nitrogen and oxygen atoms in total. The molecule has 1 aromatic carbocycles. The third-order valence-corrected chi connectivity index (χ3v) is 3.09. The van der Waals surface area contributed by atoms with E-state index in [1.807, 2.05) is 30.3 Å². The molecule has 0 radical (unpaired) electrons. The molecule has 20 heavy (non-hydrogen) atoms. The maximum Gasteiger partial charge on any atom is 0.147 e. The van der Waals surface area contributed by atoms with Crippen molar-refractivity contribution in [1.29, 1.82) is 5.26 Å². The van der Waals surface area contributed by atoms with Crippen molar-refractivity contribution in [3.63, 3.8) is 0 Å². The first-order valence-corrected chi connectivity index (χ1v) is 6.58. The van der Waals surface area contributed by atoms with E-state index in [-0.39, 0.29) is 5.41 Å². The Bertz CT molecular complexity index is 636. The Balaban J connectivity index is 2.14. The van der Waals surface area contributed by atoms with Gasteiger partial charge < -0.3 is 4.74 Å². The van der Waals surface area contributed by atoms with Crippen LogP contribution in [0.1, 0.15) is 37.6 Å². The molecule has 0 saturated heterocycles. The largest absolute Gasteiger partial charge is 0.489 e. The molecule has 0 aliphatic carbocycles. The lowest BCUT2D eigenvalue weighted by molar-refractivity contribution is 0.304. The summed E-state index contributed by atoms with van der Waals surface area (Å²) in [6.45, 7) is 6.85. The first-order valence-electron chi connectivity index (χ1n) is 6.58. The van der Waals surface area contributed by atoms with Crippen molar-refractivity contribution in [3.8, 4) is 11.8 Å². The topological polar surface area (TPSA) is 45.9 Å². The summed E-state index contributed by atoms with van der Waals surface area (Å²) in [7, 11) is 0. The van der Waals surface area contributed by atoms with Crippen LogP contribution in [0.15, 0.2) is 42.6 Å². The summed E-state index contributed by atoms with van der Waals surface area (Å²) in [6, 6.07) is 13.8. The Labute approximate surface area is 119 Å². The van der Waals surface area contributed by atoms with E-state index >= 15 is 0 Å². The van der Waals surface area contributed by atoms with Gasteiger partial charge in [-0.3, -0.25) is 0 Å². The van der Waals surface area contributed by atoms with Gasteiger partial charge in [-0.2, -0.15) is 5.26 Å². The van der Waals surface area contributed by atoms with E-state index in [9.17, 15) is 0 Å². The number of aromatic nitrogens is 1. The molecule has 0 unspecified atom stereocenters. The Morgan fingerprint density at radius 1 is 1.20 bits per heavy atom. The summed E-state index contributed by atoms with van der Waals surface area (Å²) in [4.78, 5) is 4.03. The van der Waals surface area contributed by atoms with Crippen LogP contribution in [0.5, 0.6) is 5.75 Å². The molecule has 0 aliphatic heterocycles. The highest BCUT2D eigenvalue weighted by Crippen LogP contribution is 2.26. The van der Waals surface area contributed by atoms with Crippen LogP contribution in [0.2, 0.25) is 0 Å². The predicted molar refractivity (Wildman–Crippen MR) is 78.4 cm³/mol. The molecule has 0 bridgehead atoms. The number of nitriles is 1. The molecule has 1 heterocycles. The van der Waals surface area contributed by atoms with E-state index in [0.717, 1.165) is 11.3 Å². The quantitative estimate of drug-likeness (QED) is 0.848. The summed E-state index contributed by atoms with van der Waals surface area (Å²) in [6.07, 6.45) is 1.61. The van der Waals surface area contributed by atoms with Gasteiger partial charge >= 0.3 is 0 Å². The smallest absolute Gasteiger partial charge is 0.147 e. The molecule has 0 saturated carbocycles. The lowest BCUT2D eigenvalue weighted by Crippen LogP contribution is -2.11. The van der Waals surface area contributed by atoms with Crippen LogP contribution in [-0.4, -0.2) is 4.98 Å². The van der Waals surface area contributed by atoms with Gasteiger partial charge in [-0.05, 0) is 29.2 Å². The second-order valence-corrected chi connectivity index (χ2v) is 5.69. The highest BCUT2D eigenvalue weighted by Gasteiger charge is 2.14. The Hall–Kier alpha value is -2.34. The Kier molecular flexibility index (Phi) is 4.05. The monoisotopic (exact) mass is 266 g/mol. The fourth-order valence-electron chi connectivity index (χ4n) is 1.87. The van der Waals surface area contributed by atoms with Gasteiger partial charge in [-0.1, -0.05) is 39.0 Å². The van der Waals surface area contributed by atoms with Crippen molar-refractivity contribution >= 4 is 0 Å². The zero-order chi connectivity index (χ0) is 14.6. The van der Waals surface area contributed by atoms with Crippen LogP contribution in [0, 0.1) is 11.3 Å². The van der Waals surface area contributed by atoms with Crippen LogP contribution in [0.25, 0.3) is 0 Å². The summed E-state index contributed by atoms with van der Waals surface area (Å²) >= 11 is 0. The fraction of sp³-hybridized carbons (Fsp3) is 0.294. The summed E-state index contributed by atoms with van der Waals surface area (Å²) in [5.74, 6) is 0.810. The van der Waals surface area contributed by atoms with Gasteiger partial charge in [0.1, 0.15) is 24.1 Å². The number of nitrogens with zero attached hydrogens (tertiary/aromatic N) is 2. The van der Waals surface area contributed by atoms with E-state index in [1.165, 1.54) is 5.56 Å². The molecule has 0 spiro atoms. The molecule has 0 atom stereocenters. The molecule has 0 amide bonds. The Morgan fingerprint density at radius 2 is 2.00 bits per heavy atom. The van der Waals surface area contributed by atoms with Crippen LogP contribution >= 0.6 is 0 Å². The number of hydrogen-bond donors (Lipinski definition) is 0. The SMILES string of the molecule is CC(C)(C)c1cccc(OCc2cccnc2C#N)c1. The average molecular weight is 266 g/mol. The van der Waals surface area contributed by atoms with Crippen molar-refractivity contribution in [2.24, 2.45) is 0 Å². The highest BCUT2D eigenvalue weighted by atomic mass is 16.5. The molecule has 1 aromatic heterocycles. The zero-order valence-corrected chi connectivity index (χ0v) is 12.1. The van der Waals surface area contributed by atoms with Crippen molar-refractivity contribution in [2.45, 2.75) is 32.8 Å². The maximum absolute atomic E-state index is 9.00. The molecule has 3 heteroatoms. The highest BCUT2D eigenvalue weighted by molar-refractivity contribution is 5.34. The molecule has 0 N–H and O–H groups in total. The minimum atomic E-state index is 0.0888. The third kappa shape index (κ3) is 3.36. The normalized spacial score (nSPS) is 10.9. The van der Waals surface area contributed by atoms with Gasteiger partial charge in [0.15, 0.2) is 0 Å². The van der Waals surface area contributed by atoms with Crippen molar-refractivity contribution < 1.29 is 4.74 Å². The van der Waals surface area contributed by atoms with Gasteiger partial charge in [0.25, 0.3) is 0 Å². The fourth-order valence-corrected chi connectivity index (χ4v) is 1.87. The molecule has 2 rings (SSSR count). The summed E-state index contributed by atoms with van der Waals surface area (Å²) in [5.41, 5.74) is 2.53. The number of hydrogen-bond acceptors (Lipinski definition) is 3. The van der Waals surface area contributed by atoms with E-state index < -0.39 is 0 Å². The number of benzene rings is 1. The summed E-state index contributed by atoms with van der Waals surface area (Å²) in [5, 5.41) is 9.00.